The zero-order valence-electron chi connectivity index (χ0n) is 9.41. The number of hydrogen-bond donors (Lipinski definition) is 1. The Morgan fingerprint density at radius 2 is 2.44 bits per heavy atom. The lowest BCUT2D eigenvalue weighted by Crippen LogP contribution is -2.44. The van der Waals surface area contributed by atoms with Gasteiger partial charge in [-0.15, -0.1) is 0 Å². The molecule has 0 bridgehead atoms. The lowest BCUT2D eigenvalue weighted by molar-refractivity contribution is -0.0183. The molecule has 0 radical (unpaired) electrons. The molecule has 16 heavy (non-hydrogen) atoms. The maximum atomic E-state index is 5.66. The molecule has 1 atom stereocenters. The predicted octanol–water partition coefficient (Wildman–Crippen LogP) is 1.30. The van der Waals surface area contributed by atoms with Crippen LogP contribution < -0.4 is 5.32 Å². The van der Waals surface area contributed by atoms with Crippen molar-refractivity contribution in [2.45, 2.75) is 12.6 Å². The highest BCUT2D eigenvalue weighted by atomic mass is 127. The third kappa shape index (κ3) is 3.73. The Hall–Kier alpha value is -0.110. The minimum Gasteiger partial charge on any atom is -0.454 e. The van der Waals surface area contributed by atoms with Gasteiger partial charge in [-0.25, -0.2) is 0 Å². The number of rotatable bonds is 4. The zero-order valence-corrected chi connectivity index (χ0v) is 11.6. The van der Waals surface area contributed by atoms with Gasteiger partial charge in [0.25, 0.3) is 0 Å². The van der Waals surface area contributed by atoms with Gasteiger partial charge >= 0.3 is 0 Å². The van der Waals surface area contributed by atoms with Crippen molar-refractivity contribution in [3.8, 4) is 0 Å². The van der Waals surface area contributed by atoms with Gasteiger partial charge < -0.3 is 19.4 Å². The van der Waals surface area contributed by atoms with E-state index >= 15 is 0 Å². The van der Waals surface area contributed by atoms with Gasteiger partial charge in [0.2, 0.25) is 0 Å². The number of morpholine rings is 1. The summed E-state index contributed by atoms with van der Waals surface area (Å²) in [6.07, 6.45) is 0.299. The van der Waals surface area contributed by atoms with E-state index in [0.29, 0.717) is 6.10 Å². The van der Waals surface area contributed by atoms with Gasteiger partial charge in [0, 0.05) is 19.6 Å². The molecule has 1 aromatic rings. The van der Waals surface area contributed by atoms with Crippen molar-refractivity contribution in [3.63, 3.8) is 0 Å². The van der Waals surface area contributed by atoms with E-state index < -0.39 is 0 Å². The summed E-state index contributed by atoms with van der Waals surface area (Å²) in [6, 6.07) is 3.98. The van der Waals surface area contributed by atoms with Crippen molar-refractivity contribution in [2.75, 3.05) is 33.3 Å². The summed E-state index contributed by atoms with van der Waals surface area (Å²) in [7, 11) is 2.13. The monoisotopic (exact) mass is 336 g/mol. The molecule has 1 N–H and O–H groups in total. The third-order valence-corrected chi connectivity index (χ3v) is 3.22. The topological polar surface area (TPSA) is 37.6 Å². The Bertz CT molecular complexity index is 330. The molecular formula is C11H17IN2O2. The van der Waals surface area contributed by atoms with Crippen LogP contribution in [0, 0.1) is 3.77 Å². The summed E-state index contributed by atoms with van der Waals surface area (Å²) >= 11 is 2.17. The number of nitrogens with one attached hydrogen (secondary N) is 1. The van der Waals surface area contributed by atoms with E-state index in [2.05, 4.69) is 39.9 Å². The number of ether oxygens (including phenoxy) is 1. The van der Waals surface area contributed by atoms with Crippen molar-refractivity contribution in [3.05, 3.63) is 21.7 Å². The first kappa shape index (κ1) is 12.3. The van der Waals surface area contributed by atoms with Crippen molar-refractivity contribution in [2.24, 2.45) is 0 Å². The Morgan fingerprint density at radius 3 is 3.12 bits per heavy atom. The van der Waals surface area contributed by atoms with Gasteiger partial charge in [0.05, 0.1) is 19.3 Å². The van der Waals surface area contributed by atoms with Gasteiger partial charge in [-0.1, -0.05) is 0 Å². The highest BCUT2D eigenvalue weighted by Crippen LogP contribution is 2.09. The normalized spacial score (nSPS) is 22.5. The summed E-state index contributed by atoms with van der Waals surface area (Å²) in [5.74, 6) is 0.980. The molecular weight excluding hydrogens is 319 g/mol. The SMILES string of the molecule is CN1CCOC(CNCc2ccc(I)o2)C1. The van der Waals surface area contributed by atoms with E-state index in [-0.39, 0.29) is 0 Å². The number of halogens is 1. The van der Waals surface area contributed by atoms with Crippen molar-refractivity contribution in [1.82, 2.24) is 10.2 Å². The smallest absolute Gasteiger partial charge is 0.164 e. The minimum absolute atomic E-state index is 0.299. The molecule has 1 unspecified atom stereocenters. The number of hydrogen-bond acceptors (Lipinski definition) is 4. The standard InChI is InChI=1S/C11H17IN2O2/c1-14-4-5-15-10(8-14)7-13-6-9-2-3-11(12)16-9/h2-3,10,13H,4-8H2,1H3. The Balaban J connectivity index is 1.67. The Kier molecular flexibility index (Phi) is 4.63. The number of nitrogens with zero attached hydrogens (tertiary/aromatic N) is 1. The largest absolute Gasteiger partial charge is 0.454 e. The second-order valence-electron chi connectivity index (χ2n) is 4.09. The van der Waals surface area contributed by atoms with Crippen LogP contribution in [0.4, 0.5) is 0 Å². The Labute approximate surface area is 109 Å². The highest BCUT2D eigenvalue weighted by molar-refractivity contribution is 14.1. The van der Waals surface area contributed by atoms with Gasteiger partial charge in [-0.2, -0.15) is 0 Å². The fourth-order valence-electron chi connectivity index (χ4n) is 1.79. The lowest BCUT2D eigenvalue weighted by atomic mass is 10.3. The maximum Gasteiger partial charge on any atom is 0.164 e. The van der Waals surface area contributed by atoms with E-state index in [0.717, 1.165) is 42.3 Å². The van der Waals surface area contributed by atoms with Crippen LogP contribution >= 0.6 is 22.6 Å². The van der Waals surface area contributed by atoms with E-state index in [1.165, 1.54) is 0 Å². The Morgan fingerprint density at radius 1 is 1.56 bits per heavy atom. The van der Waals surface area contributed by atoms with Crippen LogP contribution in [-0.2, 0) is 11.3 Å². The van der Waals surface area contributed by atoms with Gasteiger partial charge in [-0.05, 0) is 41.8 Å². The molecule has 0 aromatic carbocycles. The average Bonchev–Trinajstić information content (AvgIpc) is 2.64. The number of furan rings is 1. The summed E-state index contributed by atoms with van der Waals surface area (Å²) in [5.41, 5.74) is 0. The van der Waals surface area contributed by atoms with E-state index in [1.807, 2.05) is 12.1 Å². The summed E-state index contributed by atoms with van der Waals surface area (Å²) in [4.78, 5) is 2.30. The fourth-order valence-corrected chi connectivity index (χ4v) is 2.26. The van der Waals surface area contributed by atoms with Crippen LogP contribution in [0.25, 0.3) is 0 Å². The molecule has 1 aliphatic rings. The van der Waals surface area contributed by atoms with Crippen LogP contribution in [0.2, 0.25) is 0 Å². The molecule has 4 nitrogen and oxygen atoms in total. The highest BCUT2D eigenvalue weighted by Gasteiger charge is 2.16. The molecule has 0 spiro atoms. The molecule has 1 saturated heterocycles. The molecule has 1 aromatic heterocycles. The number of likely N-dealkylation sites (N-methyl/N-ethyl adjacent to an activating group) is 1. The van der Waals surface area contributed by atoms with Crippen LogP contribution in [0.15, 0.2) is 16.5 Å². The molecule has 5 heteroatoms. The first-order valence-corrected chi connectivity index (χ1v) is 6.57. The second kappa shape index (κ2) is 6.00. The molecule has 0 aliphatic carbocycles. The van der Waals surface area contributed by atoms with E-state index in [9.17, 15) is 0 Å². The average molecular weight is 336 g/mol. The van der Waals surface area contributed by atoms with Gasteiger partial charge in [-0.3, -0.25) is 0 Å². The zero-order chi connectivity index (χ0) is 11.4. The van der Waals surface area contributed by atoms with Crippen LogP contribution in [-0.4, -0.2) is 44.3 Å². The predicted molar refractivity (Wildman–Crippen MR) is 70.4 cm³/mol. The van der Waals surface area contributed by atoms with Gasteiger partial charge in [0.15, 0.2) is 3.77 Å². The third-order valence-electron chi connectivity index (χ3n) is 2.64. The van der Waals surface area contributed by atoms with Crippen molar-refractivity contribution < 1.29 is 9.15 Å². The first-order chi connectivity index (χ1) is 7.74. The van der Waals surface area contributed by atoms with Crippen LogP contribution in [0.3, 0.4) is 0 Å². The fraction of sp³-hybridized carbons (Fsp3) is 0.636. The van der Waals surface area contributed by atoms with Crippen LogP contribution in [0.1, 0.15) is 5.76 Å². The molecule has 2 rings (SSSR count). The minimum atomic E-state index is 0.299. The van der Waals surface area contributed by atoms with Crippen LogP contribution in [0.5, 0.6) is 0 Å². The van der Waals surface area contributed by atoms with Crippen molar-refractivity contribution in [1.29, 1.82) is 0 Å². The van der Waals surface area contributed by atoms with Gasteiger partial charge in [0.1, 0.15) is 5.76 Å². The molecule has 1 aliphatic heterocycles. The molecule has 0 amide bonds. The second-order valence-corrected chi connectivity index (χ2v) is 5.15. The van der Waals surface area contributed by atoms with E-state index in [1.54, 1.807) is 0 Å². The molecule has 0 saturated carbocycles. The summed E-state index contributed by atoms with van der Waals surface area (Å²) in [6.45, 7) is 4.52. The lowest BCUT2D eigenvalue weighted by Gasteiger charge is -2.30. The molecule has 1 fully saturated rings. The maximum absolute atomic E-state index is 5.66. The van der Waals surface area contributed by atoms with E-state index in [4.69, 9.17) is 9.15 Å². The summed E-state index contributed by atoms with van der Waals surface area (Å²) < 4.78 is 12.1. The van der Waals surface area contributed by atoms with Crippen molar-refractivity contribution >= 4 is 22.6 Å². The molecule has 2 heterocycles. The first-order valence-electron chi connectivity index (χ1n) is 5.49. The summed E-state index contributed by atoms with van der Waals surface area (Å²) in [5, 5.41) is 3.36. The molecule has 90 valence electrons. The quantitative estimate of drug-likeness (QED) is 0.842.